The summed E-state index contributed by atoms with van der Waals surface area (Å²) >= 11 is 0. The van der Waals surface area contributed by atoms with E-state index in [1.54, 1.807) is 38.2 Å². The Bertz CT molecular complexity index is 1660. The van der Waals surface area contributed by atoms with Crippen LogP contribution < -0.4 is 21.5 Å². The first-order valence-corrected chi connectivity index (χ1v) is 14.1. The van der Waals surface area contributed by atoms with Gasteiger partial charge in [-0.2, -0.15) is 10.2 Å². The Morgan fingerprint density at radius 1 is 0.953 bits per heavy atom. The van der Waals surface area contributed by atoms with Crippen LogP contribution in [0.2, 0.25) is 0 Å². The van der Waals surface area contributed by atoms with Crippen molar-refractivity contribution in [1.82, 2.24) is 29.1 Å². The molecule has 0 spiro atoms. The quantitative estimate of drug-likeness (QED) is 0.112. The smallest absolute Gasteiger partial charge is 0.356 e. The van der Waals surface area contributed by atoms with Crippen molar-refractivity contribution in [2.45, 2.75) is 53.8 Å². The van der Waals surface area contributed by atoms with E-state index in [9.17, 15) is 14.4 Å². The number of rotatable bonds is 14. The first-order valence-electron chi connectivity index (χ1n) is 14.1. The van der Waals surface area contributed by atoms with Crippen molar-refractivity contribution >= 4 is 34.8 Å². The third-order valence-corrected chi connectivity index (χ3v) is 6.53. The zero-order chi connectivity index (χ0) is 31.1. The molecule has 0 saturated carbocycles. The minimum absolute atomic E-state index is 0.107. The molecule has 0 atom stereocenters. The van der Waals surface area contributed by atoms with Gasteiger partial charge in [0.15, 0.2) is 0 Å². The fraction of sp³-hybridized carbons (Fsp3) is 0.379. The average molecular weight is 592 g/mol. The molecule has 0 aliphatic heterocycles. The zero-order valence-electron chi connectivity index (χ0n) is 24.8. The van der Waals surface area contributed by atoms with Gasteiger partial charge >= 0.3 is 5.97 Å². The van der Waals surface area contributed by atoms with E-state index in [2.05, 4.69) is 20.5 Å². The SMILES string of the molecule is CCn1nc(C)cc1C(=O)Nc1nc2cc(C(N)=O)cc(OCCCOC(=O)c3cc(C)nn3CC)c2n1CC=CCN. The molecule has 14 heteroatoms. The highest BCUT2D eigenvalue weighted by Gasteiger charge is 2.22. The van der Waals surface area contributed by atoms with Crippen LogP contribution in [0.5, 0.6) is 5.75 Å². The van der Waals surface area contributed by atoms with E-state index in [1.165, 1.54) is 6.07 Å². The Labute approximate surface area is 248 Å². The van der Waals surface area contributed by atoms with Gasteiger partial charge in [0.05, 0.1) is 30.1 Å². The second kappa shape index (κ2) is 13.8. The Morgan fingerprint density at radius 3 is 2.28 bits per heavy atom. The highest BCUT2D eigenvalue weighted by atomic mass is 16.5. The summed E-state index contributed by atoms with van der Waals surface area (Å²) in [5.74, 6) is -0.938. The lowest BCUT2D eigenvalue weighted by molar-refractivity contribution is 0.0471. The molecular weight excluding hydrogens is 554 g/mol. The number of hydrogen-bond acceptors (Lipinski definition) is 9. The Balaban J connectivity index is 1.58. The van der Waals surface area contributed by atoms with Gasteiger partial charge in [0, 0.05) is 38.2 Å². The third-order valence-electron chi connectivity index (χ3n) is 6.53. The number of nitrogens with zero attached hydrogens (tertiary/aromatic N) is 6. The fourth-order valence-electron chi connectivity index (χ4n) is 4.60. The molecule has 2 amide bonds. The molecule has 4 aromatic rings. The molecule has 0 unspecified atom stereocenters. The van der Waals surface area contributed by atoms with E-state index in [0.29, 0.717) is 66.5 Å². The minimum atomic E-state index is -0.658. The monoisotopic (exact) mass is 591 g/mol. The first-order chi connectivity index (χ1) is 20.7. The van der Waals surface area contributed by atoms with Crippen LogP contribution in [-0.4, -0.2) is 66.7 Å². The number of imidazole rings is 1. The largest absolute Gasteiger partial charge is 0.491 e. The second-order valence-corrected chi connectivity index (χ2v) is 9.72. The van der Waals surface area contributed by atoms with Crippen LogP contribution in [-0.2, 0) is 24.4 Å². The predicted octanol–water partition coefficient (Wildman–Crippen LogP) is 2.58. The van der Waals surface area contributed by atoms with Gasteiger partial charge in [0.2, 0.25) is 11.9 Å². The van der Waals surface area contributed by atoms with Crippen LogP contribution in [0.25, 0.3) is 11.0 Å². The molecular formula is C29H37N9O5. The van der Waals surface area contributed by atoms with Gasteiger partial charge in [0.25, 0.3) is 5.91 Å². The van der Waals surface area contributed by atoms with Crippen molar-refractivity contribution < 1.29 is 23.9 Å². The van der Waals surface area contributed by atoms with Gasteiger partial charge in [-0.3, -0.25) is 24.3 Å². The summed E-state index contributed by atoms with van der Waals surface area (Å²) in [6.07, 6.45) is 4.00. The Kier molecular flexibility index (Phi) is 9.93. The maximum absolute atomic E-state index is 13.3. The number of amides is 2. The van der Waals surface area contributed by atoms with Crippen LogP contribution in [0, 0.1) is 13.8 Å². The molecule has 0 aliphatic carbocycles. The van der Waals surface area contributed by atoms with Crippen molar-refractivity contribution in [3.8, 4) is 5.75 Å². The molecule has 1 aromatic carbocycles. The van der Waals surface area contributed by atoms with Gasteiger partial charge in [-0.25, -0.2) is 9.78 Å². The maximum Gasteiger partial charge on any atom is 0.356 e. The molecule has 0 fully saturated rings. The summed E-state index contributed by atoms with van der Waals surface area (Å²) in [5, 5.41) is 11.5. The first kappa shape index (κ1) is 31.0. The molecule has 3 heterocycles. The van der Waals surface area contributed by atoms with Gasteiger partial charge in [0.1, 0.15) is 22.7 Å². The Hall–Kier alpha value is -4.98. The third kappa shape index (κ3) is 7.09. The standard InChI is InChI=1S/C29H37N9O5/c1-5-37-22(14-18(3)34-37)27(40)33-29-32-21-16-20(26(31)39)17-24(25(21)36(29)11-8-7-10-30)42-12-9-13-43-28(41)23-15-19(4)35-38(23)6-2/h7-8,14-17H,5-6,9-13,30H2,1-4H3,(H2,31,39)(H,32,33,40). The van der Waals surface area contributed by atoms with Gasteiger partial charge in [-0.15, -0.1) is 0 Å². The lowest BCUT2D eigenvalue weighted by Gasteiger charge is -2.13. The number of esters is 1. The molecule has 0 saturated heterocycles. The number of nitrogens with two attached hydrogens (primary N) is 2. The van der Waals surface area contributed by atoms with E-state index in [0.717, 1.165) is 5.69 Å². The zero-order valence-corrected chi connectivity index (χ0v) is 24.8. The number of allylic oxidation sites excluding steroid dienone is 1. The molecule has 0 bridgehead atoms. The average Bonchev–Trinajstić information content (AvgIpc) is 3.66. The molecule has 3 aromatic heterocycles. The molecule has 43 heavy (non-hydrogen) atoms. The predicted molar refractivity (Wildman–Crippen MR) is 160 cm³/mol. The summed E-state index contributed by atoms with van der Waals surface area (Å²) in [7, 11) is 0. The van der Waals surface area contributed by atoms with Crippen LogP contribution >= 0.6 is 0 Å². The van der Waals surface area contributed by atoms with E-state index in [1.807, 2.05) is 33.8 Å². The Morgan fingerprint density at radius 2 is 1.63 bits per heavy atom. The van der Waals surface area contributed by atoms with Crippen molar-refractivity contribution in [2.24, 2.45) is 11.5 Å². The number of ether oxygens (including phenoxy) is 2. The van der Waals surface area contributed by atoms with E-state index >= 15 is 0 Å². The number of fused-ring (bicyclic) bond motifs is 1. The topological polar surface area (TPSA) is 187 Å². The van der Waals surface area contributed by atoms with Crippen molar-refractivity contribution in [3.63, 3.8) is 0 Å². The molecule has 0 aliphatic rings. The number of primary amides is 1. The lowest BCUT2D eigenvalue weighted by atomic mass is 10.1. The fourth-order valence-corrected chi connectivity index (χ4v) is 4.60. The number of benzene rings is 1. The molecule has 14 nitrogen and oxygen atoms in total. The van der Waals surface area contributed by atoms with E-state index in [-0.39, 0.29) is 30.6 Å². The van der Waals surface area contributed by atoms with Crippen molar-refractivity contribution in [3.05, 3.63) is 64.8 Å². The van der Waals surface area contributed by atoms with Gasteiger partial charge in [-0.1, -0.05) is 12.2 Å². The number of anilines is 1. The van der Waals surface area contributed by atoms with Crippen molar-refractivity contribution in [2.75, 3.05) is 25.1 Å². The number of nitrogens with one attached hydrogen (secondary N) is 1. The van der Waals surface area contributed by atoms with Crippen LogP contribution in [0.4, 0.5) is 5.95 Å². The summed E-state index contributed by atoms with van der Waals surface area (Å²) in [6, 6.07) is 6.46. The van der Waals surface area contributed by atoms with E-state index < -0.39 is 11.9 Å². The van der Waals surface area contributed by atoms with E-state index in [4.69, 9.17) is 20.9 Å². The molecule has 228 valence electrons. The summed E-state index contributed by atoms with van der Waals surface area (Å²) in [4.78, 5) is 42.5. The second-order valence-electron chi connectivity index (χ2n) is 9.72. The minimum Gasteiger partial charge on any atom is -0.491 e. The summed E-state index contributed by atoms with van der Waals surface area (Å²) in [6.45, 7) is 9.39. The van der Waals surface area contributed by atoms with Crippen LogP contribution in [0.3, 0.4) is 0 Å². The number of aromatic nitrogens is 6. The number of aryl methyl sites for hydroxylation is 4. The number of carbonyl (C=O) groups is 3. The molecule has 0 radical (unpaired) electrons. The van der Waals surface area contributed by atoms with Gasteiger partial charge < -0.3 is 25.5 Å². The number of carbonyl (C=O) groups excluding carboxylic acids is 3. The highest BCUT2D eigenvalue weighted by molar-refractivity contribution is 6.04. The van der Waals surface area contributed by atoms with Gasteiger partial charge in [-0.05, 0) is 52.0 Å². The summed E-state index contributed by atoms with van der Waals surface area (Å²) < 4.78 is 16.5. The number of hydrogen-bond donors (Lipinski definition) is 3. The van der Waals surface area contributed by atoms with Crippen LogP contribution in [0.1, 0.15) is 63.0 Å². The highest BCUT2D eigenvalue weighted by Crippen LogP contribution is 2.31. The van der Waals surface area contributed by atoms with Crippen LogP contribution in [0.15, 0.2) is 36.4 Å². The summed E-state index contributed by atoms with van der Waals surface area (Å²) in [5.41, 5.74) is 14.6. The normalized spacial score (nSPS) is 11.4. The van der Waals surface area contributed by atoms with Crippen molar-refractivity contribution in [1.29, 1.82) is 0 Å². The maximum atomic E-state index is 13.3. The lowest BCUT2D eigenvalue weighted by Crippen LogP contribution is -2.20. The molecule has 5 N–H and O–H groups in total. The molecule has 4 rings (SSSR count).